The third kappa shape index (κ3) is 3.04. The summed E-state index contributed by atoms with van der Waals surface area (Å²) in [5.41, 5.74) is 11.7. The molecule has 134 valence electrons. The average Bonchev–Trinajstić information content (AvgIpc) is 2.99. The Balaban J connectivity index is 1.51. The zero-order chi connectivity index (χ0) is 18.3. The van der Waals surface area contributed by atoms with E-state index in [1.165, 1.54) is 16.6 Å². The molecule has 1 heterocycles. The van der Waals surface area contributed by atoms with Gasteiger partial charge < -0.3 is 16.0 Å². The Bertz CT molecular complexity index is 962. The molecule has 1 aliphatic carbocycles. The van der Waals surface area contributed by atoms with Gasteiger partial charge in [-0.15, -0.1) is 0 Å². The second-order valence-electron chi connectivity index (χ2n) is 7.06. The van der Waals surface area contributed by atoms with Gasteiger partial charge in [-0.3, -0.25) is 10.1 Å². The minimum absolute atomic E-state index is 0.125. The number of nitrogens with zero attached hydrogens (tertiary/aromatic N) is 1. The fourth-order valence-corrected chi connectivity index (χ4v) is 3.91. The van der Waals surface area contributed by atoms with Crippen molar-refractivity contribution in [3.8, 4) is 0 Å². The molecule has 0 aliphatic heterocycles. The minimum Gasteiger partial charge on any atom is -0.399 e. The van der Waals surface area contributed by atoms with Gasteiger partial charge in [0.1, 0.15) is 0 Å². The van der Waals surface area contributed by atoms with E-state index in [1.807, 2.05) is 30.3 Å². The molecule has 4 rings (SSSR count). The van der Waals surface area contributed by atoms with Gasteiger partial charge in [0.05, 0.1) is 4.92 Å². The van der Waals surface area contributed by atoms with E-state index < -0.39 is 0 Å². The number of fused-ring (bicyclic) bond motifs is 3. The van der Waals surface area contributed by atoms with Gasteiger partial charge in [0, 0.05) is 46.5 Å². The highest BCUT2D eigenvalue weighted by Crippen LogP contribution is 2.31. The zero-order valence-corrected chi connectivity index (χ0v) is 14.7. The van der Waals surface area contributed by atoms with Crippen molar-refractivity contribution in [2.45, 2.75) is 38.3 Å². The lowest BCUT2D eigenvalue weighted by Crippen LogP contribution is -2.36. The van der Waals surface area contributed by atoms with Crippen LogP contribution in [0.4, 0.5) is 11.4 Å². The highest BCUT2D eigenvalue weighted by atomic mass is 16.6. The molecule has 0 spiro atoms. The number of non-ortho nitro benzene ring substituents is 1. The molecule has 0 radical (unpaired) electrons. The molecular weight excluding hydrogens is 328 g/mol. The van der Waals surface area contributed by atoms with Crippen molar-refractivity contribution in [1.82, 2.24) is 10.3 Å². The summed E-state index contributed by atoms with van der Waals surface area (Å²) >= 11 is 0. The first-order chi connectivity index (χ1) is 12.5. The fraction of sp³-hybridized carbons (Fsp3) is 0.300. The molecule has 0 fully saturated rings. The number of rotatable bonds is 4. The van der Waals surface area contributed by atoms with Crippen LogP contribution < -0.4 is 11.1 Å². The van der Waals surface area contributed by atoms with Gasteiger partial charge in [0.2, 0.25) is 0 Å². The Morgan fingerprint density at radius 3 is 2.77 bits per heavy atom. The number of hydrogen-bond donors (Lipinski definition) is 3. The first-order valence-corrected chi connectivity index (χ1v) is 8.90. The Hall–Kier alpha value is -2.86. The Kier molecular flexibility index (Phi) is 4.12. The third-order valence-electron chi connectivity index (χ3n) is 5.30. The normalized spacial score (nSPS) is 17.8. The molecule has 0 amide bonds. The van der Waals surface area contributed by atoms with Crippen LogP contribution in [0.25, 0.3) is 10.9 Å². The van der Waals surface area contributed by atoms with Crippen LogP contribution in [0.1, 0.15) is 36.2 Å². The molecular formula is C20H22N4O2. The van der Waals surface area contributed by atoms with Crippen molar-refractivity contribution in [2.75, 3.05) is 5.73 Å². The maximum absolute atomic E-state index is 10.8. The highest BCUT2D eigenvalue weighted by molar-refractivity contribution is 5.87. The molecule has 2 aromatic carbocycles. The van der Waals surface area contributed by atoms with Gasteiger partial charge in [-0.05, 0) is 55.5 Å². The molecule has 6 heteroatoms. The number of anilines is 1. The van der Waals surface area contributed by atoms with Crippen LogP contribution in [0.15, 0.2) is 42.5 Å². The number of aromatic nitrogens is 1. The van der Waals surface area contributed by atoms with Gasteiger partial charge >= 0.3 is 0 Å². The van der Waals surface area contributed by atoms with Gasteiger partial charge in [0.25, 0.3) is 5.69 Å². The predicted octanol–water partition coefficient (Wildman–Crippen LogP) is 3.87. The molecule has 4 N–H and O–H groups in total. The summed E-state index contributed by atoms with van der Waals surface area (Å²) in [5, 5.41) is 15.7. The number of nitrogens with two attached hydrogens (primary N) is 1. The summed E-state index contributed by atoms with van der Waals surface area (Å²) in [7, 11) is 0. The molecule has 1 aliphatic rings. The topological polar surface area (TPSA) is 97.0 Å². The van der Waals surface area contributed by atoms with Gasteiger partial charge in [-0.1, -0.05) is 12.1 Å². The smallest absolute Gasteiger partial charge is 0.269 e. The maximum atomic E-state index is 10.8. The summed E-state index contributed by atoms with van der Waals surface area (Å²) in [5.74, 6) is 0. The number of nitro benzene ring substituents is 1. The number of hydrogen-bond acceptors (Lipinski definition) is 4. The fourth-order valence-electron chi connectivity index (χ4n) is 3.91. The molecule has 0 saturated carbocycles. The second kappa shape index (κ2) is 6.46. The van der Waals surface area contributed by atoms with Crippen LogP contribution in [-0.4, -0.2) is 15.9 Å². The number of aryl methyl sites for hydroxylation is 1. The highest BCUT2D eigenvalue weighted by Gasteiger charge is 2.24. The number of H-pyrrole nitrogens is 1. The van der Waals surface area contributed by atoms with E-state index in [-0.39, 0.29) is 16.7 Å². The van der Waals surface area contributed by atoms with Crippen molar-refractivity contribution in [2.24, 2.45) is 0 Å². The van der Waals surface area contributed by atoms with Crippen LogP contribution >= 0.6 is 0 Å². The molecule has 0 bridgehead atoms. The SMILES string of the molecule is C[C@H](NC1CCc2[nH]c3ccc(N)cc3c2C1)c1ccc([N+](=O)[O-])cc1. The van der Waals surface area contributed by atoms with Crippen LogP contribution in [0, 0.1) is 10.1 Å². The third-order valence-corrected chi connectivity index (χ3v) is 5.30. The van der Waals surface area contributed by atoms with E-state index in [9.17, 15) is 10.1 Å². The van der Waals surface area contributed by atoms with Crippen molar-refractivity contribution in [3.63, 3.8) is 0 Å². The number of nitrogen functional groups attached to an aromatic ring is 1. The van der Waals surface area contributed by atoms with Gasteiger partial charge in [-0.25, -0.2) is 0 Å². The Labute approximate surface area is 151 Å². The van der Waals surface area contributed by atoms with Crippen molar-refractivity contribution >= 4 is 22.3 Å². The van der Waals surface area contributed by atoms with E-state index in [2.05, 4.69) is 17.2 Å². The van der Waals surface area contributed by atoms with E-state index >= 15 is 0 Å². The lowest BCUT2D eigenvalue weighted by atomic mass is 9.90. The number of aromatic amines is 1. The molecule has 26 heavy (non-hydrogen) atoms. The molecule has 1 unspecified atom stereocenters. The molecule has 3 aromatic rings. The lowest BCUT2D eigenvalue weighted by Gasteiger charge is -2.27. The molecule has 0 saturated heterocycles. The van der Waals surface area contributed by atoms with E-state index in [0.717, 1.165) is 36.0 Å². The van der Waals surface area contributed by atoms with Crippen LogP contribution in [0.2, 0.25) is 0 Å². The molecule has 6 nitrogen and oxygen atoms in total. The monoisotopic (exact) mass is 350 g/mol. The van der Waals surface area contributed by atoms with Crippen LogP contribution in [0.3, 0.4) is 0 Å². The van der Waals surface area contributed by atoms with Crippen molar-refractivity contribution < 1.29 is 4.92 Å². The molecule has 1 aromatic heterocycles. The first-order valence-electron chi connectivity index (χ1n) is 8.90. The summed E-state index contributed by atoms with van der Waals surface area (Å²) < 4.78 is 0. The Morgan fingerprint density at radius 2 is 2.04 bits per heavy atom. The standard InChI is InChI=1S/C20H22N4O2/c1-12(13-2-6-16(7-3-13)24(25)26)22-15-5-9-20-18(11-15)17-10-14(21)4-8-19(17)23-20/h2-4,6-8,10,12,15,22-23H,5,9,11,21H2,1H3/t12-,15?/m0/s1. The van der Waals surface area contributed by atoms with Crippen molar-refractivity contribution in [3.05, 3.63) is 69.4 Å². The van der Waals surface area contributed by atoms with Crippen LogP contribution in [-0.2, 0) is 12.8 Å². The maximum Gasteiger partial charge on any atom is 0.269 e. The zero-order valence-electron chi connectivity index (χ0n) is 14.7. The summed E-state index contributed by atoms with van der Waals surface area (Å²) in [6.45, 7) is 2.10. The van der Waals surface area contributed by atoms with E-state index in [1.54, 1.807) is 12.1 Å². The Morgan fingerprint density at radius 1 is 1.27 bits per heavy atom. The molecule has 2 atom stereocenters. The quantitative estimate of drug-likeness (QED) is 0.378. The van der Waals surface area contributed by atoms with Gasteiger partial charge in [-0.2, -0.15) is 0 Å². The van der Waals surface area contributed by atoms with Crippen LogP contribution in [0.5, 0.6) is 0 Å². The summed E-state index contributed by atoms with van der Waals surface area (Å²) in [4.78, 5) is 14.0. The second-order valence-corrected chi connectivity index (χ2v) is 7.06. The average molecular weight is 350 g/mol. The lowest BCUT2D eigenvalue weighted by molar-refractivity contribution is -0.384. The number of benzene rings is 2. The number of nitrogens with one attached hydrogen (secondary N) is 2. The summed E-state index contributed by atoms with van der Waals surface area (Å²) in [6.07, 6.45) is 3.03. The number of nitro groups is 1. The van der Waals surface area contributed by atoms with E-state index in [4.69, 9.17) is 5.73 Å². The largest absolute Gasteiger partial charge is 0.399 e. The van der Waals surface area contributed by atoms with E-state index in [0.29, 0.717) is 6.04 Å². The first kappa shape index (κ1) is 16.6. The van der Waals surface area contributed by atoms with Crippen molar-refractivity contribution in [1.29, 1.82) is 0 Å². The van der Waals surface area contributed by atoms with Gasteiger partial charge in [0.15, 0.2) is 0 Å². The predicted molar refractivity (Wildman–Crippen MR) is 103 cm³/mol. The minimum atomic E-state index is -0.368. The summed E-state index contributed by atoms with van der Waals surface area (Å²) in [6, 6.07) is 13.3.